The Bertz CT molecular complexity index is 941. The maximum absolute atomic E-state index is 12.9. The highest BCUT2D eigenvalue weighted by Gasteiger charge is 2.07. The number of ether oxygens (including phenoxy) is 1. The summed E-state index contributed by atoms with van der Waals surface area (Å²) in [6.45, 7) is 0.357. The number of hydrogen-bond acceptors (Lipinski definition) is 3. The summed E-state index contributed by atoms with van der Waals surface area (Å²) in [4.78, 5) is 12.1. The van der Waals surface area contributed by atoms with Crippen molar-refractivity contribution in [2.45, 2.75) is 6.61 Å². The van der Waals surface area contributed by atoms with Gasteiger partial charge < -0.3 is 4.74 Å². The Morgan fingerprint density at radius 1 is 1.04 bits per heavy atom. The smallest absolute Gasteiger partial charge is 0.272 e. The maximum atomic E-state index is 12.9. The van der Waals surface area contributed by atoms with E-state index in [9.17, 15) is 9.18 Å². The molecule has 0 atom stereocenters. The molecular weight excluding hydrogens is 411 g/mol. The first-order chi connectivity index (χ1) is 13.1. The minimum Gasteiger partial charge on any atom is -0.489 e. The van der Waals surface area contributed by atoms with Crippen molar-refractivity contribution in [2.24, 2.45) is 5.10 Å². The first-order valence-corrected chi connectivity index (χ1v) is 8.96. The number of hydrazone groups is 1. The summed E-state index contributed by atoms with van der Waals surface area (Å²) in [5.41, 5.74) is 4.71. The van der Waals surface area contributed by atoms with E-state index in [4.69, 9.17) is 4.74 Å². The third-order valence-corrected chi connectivity index (χ3v) is 4.39. The Labute approximate surface area is 164 Å². The molecule has 0 unspecified atom stereocenters. The highest BCUT2D eigenvalue weighted by Crippen LogP contribution is 2.16. The van der Waals surface area contributed by atoms with Gasteiger partial charge in [-0.05, 0) is 75.6 Å². The van der Waals surface area contributed by atoms with Crippen LogP contribution in [0.4, 0.5) is 4.39 Å². The first kappa shape index (κ1) is 18.8. The largest absolute Gasteiger partial charge is 0.489 e. The Morgan fingerprint density at radius 3 is 2.44 bits per heavy atom. The van der Waals surface area contributed by atoms with Crippen molar-refractivity contribution in [1.29, 1.82) is 0 Å². The number of rotatable bonds is 6. The summed E-state index contributed by atoms with van der Waals surface area (Å²) < 4.78 is 19.2. The summed E-state index contributed by atoms with van der Waals surface area (Å²) in [6, 6.07) is 20.6. The van der Waals surface area contributed by atoms with Crippen LogP contribution in [-0.4, -0.2) is 12.1 Å². The van der Waals surface area contributed by atoms with Crippen molar-refractivity contribution >= 4 is 28.1 Å². The molecule has 0 aromatic heterocycles. The minimum absolute atomic E-state index is 0.269. The lowest BCUT2D eigenvalue weighted by Crippen LogP contribution is -2.18. The molecule has 3 aromatic rings. The van der Waals surface area contributed by atoms with Crippen LogP contribution in [0.3, 0.4) is 0 Å². The predicted octanol–water partition coefficient (Wildman–Crippen LogP) is 4.93. The predicted molar refractivity (Wildman–Crippen MR) is 106 cm³/mol. The van der Waals surface area contributed by atoms with E-state index in [1.807, 2.05) is 18.2 Å². The normalized spacial score (nSPS) is 10.7. The van der Waals surface area contributed by atoms with Crippen molar-refractivity contribution in [3.8, 4) is 5.75 Å². The number of nitrogens with zero attached hydrogens (tertiary/aromatic N) is 1. The summed E-state index contributed by atoms with van der Waals surface area (Å²) in [6.07, 6.45) is 1.55. The van der Waals surface area contributed by atoms with Crippen molar-refractivity contribution < 1.29 is 13.9 Å². The lowest BCUT2D eigenvalue weighted by atomic mass is 10.2. The molecule has 6 heteroatoms. The average molecular weight is 427 g/mol. The van der Waals surface area contributed by atoms with Crippen molar-refractivity contribution in [3.05, 3.63) is 99.8 Å². The second kappa shape index (κ2) is 9.09. The molecule has 1 N–H and O–H groups in total. The summed E-state index contributed by atoms with van der Waals surface area (Å²) in [5, 5.41) is 3.97. The van der Waals surface area contributed by atoms with Gasteiger partial charge in [0, 0.05) is 4.47 Å². The topological polar surface area (TPSA) is 50.7 Å². The zero-order chi connectivity index (χ0) is 19.1. The van der Waals surface area contributed by atoms with E-state index in [1.54, 1.807) is 48.7 Å². The van der Waals surface area contributed by atoms with Crippen LogP contribution in [0.1, 0.15) is 21.5 Å². The molecule has 0 spiro atoms. The fourth-order valence-electron chi connectivity index (χ4n) is 2.27. The molecule has 0 aliphatic carbocycles. The van der Waals surface area contributed by atoms with E-state index in [-0.39, 0.29) is 11.7 Å². The number of carbonyl (C=O) groups is 1. The van der Waals surface area contributed by atoms with Crippen LogP contribution in [0.15, 0.2) is 82.4 Å². The number of halogens is 2. The highest BCUT2D eigenvalue weighted by molar-refractivity contribution is 9.10. The molecular formula is C21H16BrFN2O2. The number of benzene rings is 3. The second-order valence-corrected chi connectivity index (χ2v) is 6.52. The van der Waals surface area contributed by atoms with Crippen LogP contribution >= 0.6 is 15.9 Å². The maximum Gasteiger partial charge on any atom is 0.272 e. The fraction of sp³-hybridized carbons (Fsp3) is 0.0476. The van der Waals surface area contributed by atoms with Gasteiger partial charge >= 0.3 is 0 Å². The SMILES string of the molecule is O=C(N/N=C/c1ccc(OCc2ccc(F)cc2)cc1)c1ccccc1Br. The van der Waals surface area contributed by atoms with Crippen molar-refractivity contribution in [3.63, 3.8) is 0 Å². The molecule has 0 radical (unpaired) electrons. The third-order valence-electron chi connectivity index (χ3n) is 3.70. The lowest BCUT2D eigenvalue weighted by Gasteiger charge is -2.06. The fourth-order valence-corrected chi connectivity index (χ4v) is 2.73. The van der Waals surface area contributed by atoms with Gasteiger partial charge in [-0.15, -0.1) is 0 Å². The summed E-state index contributed by atoms with van der Waals surface area (Å²) >= 11 is 3.33. The van der Waals surface area contributed by atoms with Crippen LogP contribution in [-0.2, 0) is 6.61 Å². The molecule has 136 valence electrons. The van der Waals surface area contributed by atoms with Gasteiger partial charge in [0.15, 0.2) is 0 Å². The van der Waals surface area contributed by atoms with Gasteiger partial charge in [-0.3, -0.25) is 4.79 Å². The Morgan fingerprint density at radius 2 is 1.74 bits per heavy atom. The monoisotopic (exact) mass is 426 g/mol. The zero-order valence-corrected chi connectivity index (χ0v) is 15.8. The minimum atomic E-state index is -0.294. The van der Waals surface area contributed by atoms with Crippen LogP contribution in [0.5, 0.6) is 5.75 Å². The van der Waals surface area contributed by atoms with Crippen LogP contribution in [0.2, 0.25) is 0 Å². The van der Waals surface area contributed by atoms with Crippen molar-refractivity contribution in [2.75, 3.05) is 0 Å². The summed E-state index contributed by atoms with van der Waals surface area (Å²) in [5.74, 6) is 0.126. The van der Waals surface area contributed by atoms with E-state index in [0.29, 0.717) is 22.4 Å². The van der Waals surface area contributed by atoms with Gasteiger partial charge in [0.05, 0.1) is 11.8 Å². The molecule has 0 saturated carbocycles. The van der Waals surface area contributed by atoms with Gasteiger partial charge in [-0.2, -0.15) is 5.10 Å². The van der Waals surface area contributed by atoms with Crippen LogP contribution in [0, 0.1) is 5.82 Å². The number of amides is 1. The number of nitrogens with one attached hydrogen (secondary N) is 1. The van der Waals surface area contributed by atoms with Crippen molar-refractivity contribution in [1.82, 2.24) is 5.43 Å². The van der Waals surface area contributed by atoms with Gasteiger partial charge in [0.2, 0.25) is 0 Å². The van der Waals surface area contributed by atoms with Gasteiger partial charge in [0.25, 0.3) is 5.91 Å². The van der Waals surface area contributed by atoms with Crippen LogP contribution in [0.25, 0.3) is 0 Å². The Balaban J connectivity index is 1.52. The molecule has 27 heavy (non-hydrogen) atoms. The van der Waals surface area contributed by atoms with E-state index in [2.05, 4.69) is 26.5 Å². The van der Waals surface area contributed by atoms with E-state index < -0.39 is 0 Å². The number of carbonyl (C=O) groups excluding carboxylic acids is 1. The van der Waals surface area contributed by atoms with E-state index >= 15 is 0 Å². The molecule has 0 fully saturated rings. The van der Waals surface area contributed by atoms with Gasteiger partial charge in [0.1, 0.15) is 18.2 Å². The summed E-state index contributed by atoms with van der Waals surface area (Å²) in [7, 11) is 0. The molecule has 0 aliphatic rings. The Hall–Kier alpha value is -2.99. The van der Waals surface area contributed by atoms with E-state index in [0.717, 1.165) is 11.1 Å². The van der Waals surface area contributed by atoms with E-state index in [1.165, 1.54) is 12.1 Å². The van der Waals surface area contributed by atoms with Crippen LogP contribution < -0.4 is 10.2 Å². The Kier molecular flexibility index (Phi) is 6.33. The van der Waals surface area contributed by atoms with Gasteiger partial charge in [-0.1, -0.05) is 24.3 Å². The number of hydrogen-bond donors (Lipinski definition) is 1. The van der Waals surface area contributed by atoms with Gasteiger partial charge in [-0.25, -0.2) is 9.82 Å². The second-order valence-electron chi connectivity index (χ2n) is 5.66. The average Bonchev–Trinajstić information content (AvgIpc) is 2.69. The lowest BCUT2D eigenvalue weighted by molar-refractivity contribution is 0.0954. The molecule has 0 heterocycles. The molecule has 3 aromatic carbocycles. The standard InChI is InChI=1S/C21H16BrFN2O2/c22-20-4-2-1-3-19(20)21(26)25-24-13-15-7-11-18(12-8-15)27-14-16-5-9-17(23)10-6-16/h1-13H,14H2,(H,25,26)/b24-13+. The molecule has 3 rings (SSSR count). The first-order valence-electron chi connectivity index (χ1n) is 8.17. The molecule has 4 nitrogen and oxygen atoms in total. The molecule has 0 saturated heterocycles. The molecule has 0 aliphatic heterocycles. The molecule has 1 amide bonds. The zero-order valence-electron chi connectivity index (χ0n) is 14.2. The molecule has 0 bridgehead atoms. The highest BCUT2D eigenvalue weighted by atomic mass is 79.9. The third kappa shape index (κ3) is 5.49. The quantitative estimate of drug-likeness (QED) is 0.448.